The summed E-state index contributed by atoms with van der Waals surface area (Å²) in [4.78, 5) is 23.9. The first-order valence-corrected chi connectivity index (χ1v) is 7.16. The molecule has 1 aromatic carbocycles. The van der Waals surface area contributed by atoms with Gasteiger partial charge in [-0.3, -0.25) is 9.59 Å². The molecule has 1 saturated heterocycles. The van der Waals surface area contributed by atoms with Gasteiger partial charge in [0.2, 0.25) is 0 Å². The molecule has 0 bridgehead atoms. The van der Waals surface area contributed by atoms with E-state index < -0.39 is 0 Å². The summed E-state index contributed by atoms with van der Waals surface area (Å²) in [6.07, 6.45) is 2.52. The van der Waals surface area contributed by atoms with E-state index in [0.29, 0.717) is 6.42 Å². The zero-order chi connectivity index (χ0) is 13.8. The summed E-state index contributed by atoms with van der Waals surface area (Å²) >= 11 is 1.59. The zero-order valence-corrected chi connectivity index (χ0v) is 11.8. The quantitative estimate of drug-likeness (QED) is 0.629. The molecule has 2 rings (SSSR count). The van der Waals surface area contributed by atoms with Crippen molar-refractivity contribution in [1.29, 1.82) is 0 Å². The lowest BCUT2D eigenvalue weighted by Crippen LogP contribution is -2.10. The van der Waals surface area contributed by atoms with Crippen molar-refractivity contribution in [2.75, 3.05) is 12.9 Å². The van der Waals surface area contributed by atoms with Crippen LogP contribution in [0.1, 0.15) is 30.4 Å². The number of Topliss-reactive ketones (excluding diaryl/α,β-unsaturated/α-hetero) is 1. The van der Waals surface area contributed by atoms with Crippen molar-refractivity contribution in [1.82, 2.24) is 0 Å². The highest BCUT2D eigenvalue weighted by atomic mass is 32.2. The van der Waals surface area contributed by atoms with E-state index in [1.54, 1.807) is 11.8 Å². The fourth-order valence-corrected chi connectivity index (χ4v) is 2.95. The van der Waals surface area contributed by atoms with Gasteiger partial charge in [0.25, 0.3) is 0 Å². The number of carbonyl (C=O) groups is 2. The van der Waals surface area contributed by atoms with E-state index in [4.69, 9.17) is 4.74 Å². The van der Waals surface area contributed by atoms with Crippen LogP contribution in [0, 0.1) is 0 Å². The van der Waals surface area contributed by atoms with Gasteiger partial charge < -0.3 is 4.74 Å². The summed E-state index contributed by atoms with van der Waals surface area (Å²) in [6, 6.07) is 7.66. The van der Waals surface area contributed by atoms with Gasteiger partial charge in [-0.1, -0.05) is 24.3 Å². The van der Waals surface area contributed by atoms with Crippen LogP contribution in [-0.4, -0.2) is 24.6 Å². The Morgan fingerprint density at radius 2 is 2.26 bits per heavy atom. The average Bonchev–Trinajstić information content (AvgIpc) is 2.83. The Balaban J connectivity index is 2.24. The topological polar surface area (TPSA) is 43.4 Å². The summed E-state index contributed by atoms with van der Waals surface area (Å²) in [5, 5.41) is 0. The second-order valence-electron chi connectivity index (χ2n) is 4.45. The number of hydrogen-bond donors (Lipinski definition) is 0. The van der Waals surface area contributed by atoms with E-state index in [2.05, 4.69) is 0 Å². The highest BCUT2D eigenvalue weighted by Gasteiger charge is 2.18. The number of hydrogen-bond acceptors (Lipinski definition) is 4. The molecule has 0 spiro atoms. The highest BCUT2D eigenvalue weighted by Crippen LogP contribution is 2.29. The van der Waals surface area contributed by atoms with Gasteiger partial charge in [0, 0.05) is 12.2 Å². The monoisotopic (exact) mass is 276 g/mol. The van der Waals surface area contributed by atoms with Crippen molar-refractivity contribution < 1.29 is 14.3 Å². The van der Waals surface area contributed by atoms with E-state index in [0.717, 1.165) is 21.8 Å². The summed E-state index contributed by atoms with van der Waals surface area (Å²) < 4.78 is 4.74. The molecule has 3 nitrogen and oxygen atoms in total. The number of thioether (sulfide) groups is 1. The molecule has 19 heavy (non-hydrogen) atoms. The van der Waals surface area contributed by atoms with Crippen LogP contribution < -0.4 is 0 Å². The fraction of sp³-hybridized carbons (Fsp3) is 0.333. The number of ketones is 1. The second kappa shape index (κ2) is 6.06. The molecule has 4 heteroatoms. The number of benzene rings is 1. The summed E-state index contributed by atoms with van der Waals surface area (Å²) in [5.41, 5.74) is 1.85. The van der Waals surface area contributed by atoms with Crippen molar-refractivity contribution >= 4 is 29.6 Å². The van der Waals surface area contributed by atoms with E-state index >= 15 is 0 Å². The number of esters is 1. The Morgan fingerprint density at radius 1 is 1.47 bits per heavy atom. The lowest BCUT2D eigenvalue weighted by atomic mass is 9.99. The van der Waals surface area contributed by atoms with E-state index in [9.17, 15) is 9.59 Å². The van der Waals surface area contributed by atoms with Crippen molar-refractivity contribution in [3.8, 4) is 0 Å². The van der Waals surface area contributed by atoms with Crippen molar-refractivity contribution in [3.05, 3.63) is 40.3 Å². The number of ether oxygens (including phenoxy) is 1. The van der Waals surface area contributed by atoms with Crippen molar-refractivity contribution in [2.24, 2.45) is 0 Å². The standard InChI is InChI=1S/C15H16O3S/c1-10(15(17)18-2)12-5-3-4-11(8-12)9-14-13(16)6-7-19-14/h3-5,8-10H,6-7H2,1-2H3. The molecule has 1 atom stereocenters. The van der Waals surface area contributed by atoms with Gasteiger partial charge in [0.1, 0.15) is 0 Å². The van der Waals surface area contributed by atoms with Crippen LogP contribution >= 0.6 is 11.8 Å². The van der Waals surface area contributed by atoms with Gasteiger partial charge in [0.15, 0.2) is 5.78 Å². The Kier molecular flexibility index (Phi) is 4.43. The first-order valence-electron chi connectivity index (χ1n) is 6.17. The minimum absolute atomic E-state index is 0.205. The molecule has 1 fully saturated rings. The molecule has 1 unspecified atom stereocenters. The SMILES string of the molecule is COC(=O)C(C)c1cccc(C=C2SCCC2=O)c1. The lowest BCUT2D eigenvalue weighted by molar-refractivity contribution is -0.142. The highest BCUT2D eigenvalue weighted by molar-refractivity contribution is 8.04. The molecule has 0 aliphatic carbocycles. The number of allylic oxidation sites excluding steroid dienone is 1. The van der Waals surface area contributed by atoms with Crippen LogP contribution in [0.25, 0.3) is 6.08 Å². The van der Waals surface area contributed by atoms with Gasteiger partial charge in [-0.05, 0) is 24.1 Å². The summed E-state index contributed by atoms with van der Waals surface area (Å²) in [6.45, 7) is 1.81. The van der Waals surface area contributed by atoms with Crippen LogP contribution in [0.3, 0.4) is 0 Å². The molecular weight excluding hydrogens is 260 g/mol. The van der Waals surface area contributed by atoms with E-state index in [-0.39, 0.29) is 17.7 Å². The molecule has 1 heterocycles. The predicted molar refractivity (Wildman–Crippen MR) is 76.9 cm³/mol. The third kappa shape index (κ3) is 3.26. The maximum Gasteiger partial charge on any atom is 0.312 e. The molecule has 1 aliphatic heterocycles. The molecule has 1 aliphatic rings. The zero-order valence-electron chi connectivity index (χ0n) is 11.0. The van der Waals surface area contributed by atoms with Gasteiger partial charge in [-0.25, -0.2) is 0 Å². The minimum atomic E-state index is -0.296. The Labute approximate surface area is 117 Å². The largest absolute Gasteiger partial charge is 0.469 e. The lowest BCUT2D eigenvalue weighted by Gasteiger charge is -2.10. The smallest absolute Gasteiger partial charge is 0.312 e. The fourth-order valence-electron chi connectivity index (χ4n) is 1.96. The van der Waals surface area contributed by atoms with Crippen molar-refractivity contribution in [2.45, 2.75) is 19.3 Å². The second-order valence-corrected chi connectivity index (χ2v) is 5.58. The molecule has 0 saturated carbocycles. The number of rotatable bonds is 3. The molecule has 0 radical (unpaired) electrons. The molecule has 1 aromatic rings. The summed E-state index contributed by atoms with van der Waals surface area (Å²) in [7, 11) is 1.39. The van der Waals surface area contributed by atoms with E-state index in [1.165, 1.54) is 7.11 Å². The molecule has 100 valence electrons. The number of methoxy groups -OCH3 is 1. The Bertz CT molecular complexity index is 534. The van der Waals surface area contributed by atoms with Crippen LogP contribution in [0.4, 0.5) is 0 Å². The van der Waals surface area contributed by atoms with Crippen molar-refractivity contribution in [3.63, 3.8) is 0 Å². The summed E-state index contributed by atoms with van der Waals surface area (Å²) in [5.74, 6) is 0.519. The van der Waals surface area contributed by atoms with Gasteiger partial charge >= 0.3 is 5.97 Å². The molecule has 0 N–H and O–H groups in total. The third-order valence-electron chi connectivity index (χ3n) is 3.12. The normalized spacial score (nSPS) is 18.6. The van der Waals surface area contributed by atoms with Crippen LogP contribution in [0.2, 0.25) is 0 Å². The van der Waals surface area contributed by atoms with Crippen LogP contribution in [-0.2, 0) is 14.3 Å². The molecule has 0 aromatic heterocycles. The van der Waals surface area contributed by atoms with Gasteiger partial charge in [-0.15, -0.1) is 11.8 Å². The van der Waals surface area contributed by atoms with Crippen LogP contribution in [0.15, 0.2) is 29.2 Å². The molecular formula is C15H16O3S. The first-order chi connectivity index (χ1) is 9.11. The Hall–Kier alpha value is -1.55. The predicted octanol–water partition coefficient (Wildman–Crippen LogP) is 3.01. The average molecular weight is 276 g/mol. The first kappa shape index (κ1) is 13.9. The van der Waals surface area contributed by atoms with Crippen LogP contribution in [0.5, 0.6) is 0 Å². The van der Waals surface area contributed by atoms with E-state index in [1.807, 2.05) is 37.3 Å². The Morgan fingerprint density at radius 3 is 2.89 bits per heavy atom. The number of carbonyl (C=O) groups excluding carboxylic acids is 2. The maximum absolute atomic E-state index is 11.6. The van der Waals surface area contributed by atoms with Gasteiger partial charge in [0.05, 0.1) is 17.9 Å². The minimum Gasteiger partial charge on any atom is -0.469 e. The third-order valence-corrected chi connectivity index (χ3v) is 4.19. The van der Waals surface area contributed by atoms with Gasteiger partial charge in [-0.2, -0.15) is 0 Å². The maximum atomic E-state index is 11.6. The molecule has 0 amide bonds.